The third kappa shape index (κ3) is 1.35. The molecule has 0 radical (unpaired) electrons. The van der Waals surface area contributed by atoms with E-state index < -0.39 is 0 Å². The molecule has 1 heterocycles. The minimum absolute atomic E-state index is 0.0162. The van der Waals surface area contributed by atoms with Crippen molar-refractivity contribution in [3.8, 4) is 0 Å². The fourth-order valence-corrected chi connectivity index (χ4v) is 1.03. The van der Waals surface area contributed by atoms with Crippen molar-refractivity contribution < 1.29 is 4.79 Å². The number of allylic oxidation sites excluding steroid dienone is 1. The molecule has 0 aromatic heterocycles. The number of carbonyl (C=O) groups is 1. The van der Waals surface area contributed by atoms with Crippen LogP contribution in [-0.2, 0) is 0 Å². The van der Waals surface area contributed by atoms with Crippen LogP contribution in [0.3, 0.4) is 0 Å². The van der Waals surface area contributed by atoms with Crippen LogP contribution in [0.25, 0.3) is 0 Å². The molecule has 3 heteroatoms. The number of hydrogen-bond acceptors (Lipinski definition) is 1. The number of likely N-dealkylation sites (N-methyl/N-ethyl adjacent to an activating group) is 1. The van der Waals surface area contributed by atoms with Crippen molar-refractivity contribution in [3.63, 3.8) is 0 Å². The van der Waals surface area contributed by atoms with E-state index in [0.29, 0.717) is 0 Å². The van der Waals surface area contributed by atoms with Crippen molar-refractivity contribution in [3.05, 3.63) is 24.6 Å². The third-order valence-corrected chi connectivity index (χ3v) is 1.92. The van der Waals surface area contributed by atoms with E-state index in [0.717, 1.165) is 5.70 Å². The Morgan fingerprint density at radius 2 is 2.08 bits per heavy atom. The zero-order valence-electron chi connectivity index (χ0n) is 7.74. The van der Waals surface area contributed by atoms with Crippen LogP contribution in [0.15, 0.2) is 24.6 Å². The molecule has 3 nitrogen and oxygen atoms in total. The molecule has 66 valence electrons. The largest absolute Gasteiger partial charge is 0.328 e. The summed E-state index contributed by atoms with van der Waals surface area (Å²) < 4.78 is 0. The summed E-state index contributed by atoms with van der Waals surface area (Å²) in [7, 11) is 1.73. The number of amides is 2. The average molecular weight is 166 g/mol. The van der Waals surface area contributed by atoms with Crippen LogP contribution in [-0.4, -0.2) is 28.9 Å². The lowest BCUT2D eigenvalue weighted by Crippen LogP contribution is -2.43. The van der Waals surface area contributed by atoms with Gasteiger partial charge < -0.3 is 0 Å². The van der Waals surface area contributed by atoms with Crippen LogP contribution < -0.4 is 0 Å². The summed E-state index contributed by atoms with van der Waals surface area (Å²) in [5.41, 5.74) is 0.733. The van der Waals surface area contributed by atoms with E-state index in [2.05, 4.69) is 6.58 Å². The van der Waals surface area contributed by atoms with Crippen LogP contribution >= 0.6 is 0 Å². The van der Waals surface area contributed by atoms with E-state index in [1.165, 1.54) is 0 Å². The highest BCUT2D eigenvalue weighted by atomic mass is 16.2. The quantitative estimate of drug-likeness (QED) is 0.582. The Labute approximate surface area is 73.0 Å². The fourth-order valence-electron chi connectivity index (χ4n) is 1.03. The Morgan fingerprint density at radius 3 is 2.58 bits per heavy atom. The number of carbonyl (C=O) groups excluding carboxylic acids is 1. The maximum absolute atomic E-state index is 11.5. The van der Waals surface area contributed by atoms with Crippen LogP contribution in [0.1, 0.15) is 13.8 Å². The predicted octanol–water partition coefficient (Wildman–Crippen LogP) is 1.79. The third-order valence-electron chi connectivity index (χ3n) is 1.92. The summed E-state index contributed by atoms with van der Waals surface area (Å²) >= 11 is 0. The number of hydrogen-bond donors (Lipinski definition) is 0. The summed E-state index contributed by atoms with van der Waals surface area (Å²) in [5.74, 6) is 0. The van der Waals surface area contributed by atoms with Crippen molar-refractivity contribution in [2.75, 3.05) is 7.05 Å². The smallest absolute Gasteiger partial charge is 0.298 e. The molecule has 1 rings (SSSR count). The average Bonchev–Trinajstić information content (AvgIpc) is 2.00. The molecule has 0 atom stereocenters. The van der Waals surface area contributed by atoms with Crippen molar-refractivity contribution in [2.24, 2.45) is 0 Å². The molecule has 2 amide bonds. The number of nitrogens with zero attached hydrogens (tertiary/aromatic N) is 2. The second kappa shape index (κ2) is 3.01. The molecule has 0 aliphatic carbocycles. The summed E-state index contributed by atoms with van der Waals surface area (Å²) in [4.78, 5) is 14.7. The number of rotatable bonds is 1. The molecular formula is C9H14N2O. The van der Waals surface area contributed by atoms with Gasteiger partial charge in [-0.15, -0.1) is 0 Å². The second-order valence-corrected chi connectivity index (χ2v) is 3.15. The van der Waals surface area contributed by atoms with Gasteiger partial charge in [-0.1, -0.05) is 6.58 Å². The monoisotopic (exact) mass is 166 g/mol. The van der Waals surface area contributed by atoms with Gasteiger partial charge in [0.1, 0.15) is 0 Å². The van der Waals surface area contributed by atoms with Crippen molar-refractivity contribution in [1.82, 2.24) is 9.80 Å². The van der Waals surface area contributed by atoms with Crippen molar-refractivity contribution >= 4 is 6.03 Å². The van der Waals surface area contributed by atoms with Gasteiger partial charge in [-0.25, -0.2) is 4.79 Å². The highest BCUT2D eigenvalue weighted by Crippen LogP contribution is 2.14. The first-order valence-corrected chi connectivity index (χ1v) is 3.97. The molecule has 0 N–H and O–H groups in total. The first-order valence-electron chi connectivity index (χ1n) is 3.97. The molecular weight excluding hydrogens is 152 g/mol. The molecule has 0 saturated heterocycles. The topological polar surface area (TPSA) is 23.6 Å². The minimum atomic E-state index is -0.0162. The van der Waals surface area contributed by atoms with Crippen LogP contribution in [0.2, 0.25) is 0 Å². The van der Waals surface area contributed by atoms with Gasteiger partial charge >= 0.3 is 6.03 Å². The molecule has 1 aliphatic rings. The molecule has 0 spiro atoms. The molecule has 12 heavy (non-hydrogen) atoms. The van der Waals surface area contributed by atoms with Gasteiger partial charge in [0.2, 0.25) is 0 Å². The van der Waals surface area contributed by atoms with Crippen LogP contribution in [0.4, 0.5) is 4.79 Å². The standard InChI is InChI=1S/C9H14N2O/c1-7(2)11-6-5-8(3)10(4)9(11)12/h5-7H,3H2,1-2,4H3. The highest BCUT2D eigenvalue weighted by Gasteiger charge is 2.22. The van der Waals surface area contributed by atoms with E-state index in [1.54, 1.807) is 23.0 Å². The Balaban J connectivity index is 2.88. The first-order chi connectivity index (χ1) is 5.54. The molecule has 0 bridgehead atoms. The lowest BCUT2D eigenvalue weighted by atomic mass is 10.3. The molecule has 0 aromatic carbocycles. The van der Waals surface area contributed by atoms with E-state index in [1.807, 2.05) is 19.9 Å². The molecule has 0 saturated carbocycles. The van der Waals surface area contributed by atoms with E-state index in [4.69, 9.17) is 0 Å². The Hall–Kier alpha value is -1.25. The lowest BCUT2D eigenvalue weighted by Gasteiger charge is -2.32. The second-order valence-electron chi connectivity index (χ2n) is 3.15. The Morgan fingerprint density at radius 1 is 1.50 bits per heavy atom. The molecule has 0 fully saturated rings. The molecule has 0 unspecified atom stereocenters. The maximum Gasteiger partial charge on any atom is 0.328 e. The first kappa shape index (κ1) is 8.84. The van der Waals surface area contributed by atoms with Gasteiger partial charge in [-0.2, -0.15) is 0 Å². The Kier molecular flexibility index (Phi) is 2.22. The van der Waals surface area contributed by atoms with E-state index in [9.17, 15) is 4.79 Å². The maximum atomic E-state index is 11.5. The predicted molar refractivity (Wildman–Crippen MR) is 48.4 cm³/mol. The van der Waals surface area contributed by atoms with Crippen LogP contribution in [0.5, 0.6) is 0 Å². The van der Waals surface area contributed by atoms with Gasteiger partial charge in [0.05, 0.1) is 0 Å². The SMILES string of the molecule is C=C1C=CN(C(C)C)C(=O)N1C. The summed E-state index contributed by atoms with van der Waals surface area (Å²) in [6.07, 6.45) is 3.61. The minimum Gasteiger partial charge on any atom is -0.298 e. The number of urea groups is 1. The summed E-state index contributed by atoms with van der Waals surface area (Å²) in [6.45, 7) is 7.68. The molecule has 1 aliphatic heterocycles. The van der Waals surface area contributed by atoms with Crippen molar-refractivity contribution in [1.29, 1.82) is 0 Å². The summed E-state index contributed by atoms with van der Waals surface area (Å²) in [6, 6.07) is 0.182. The van der Waals surface area contributed by atoms with Gasteiger partial charge in [0, 0.05) is 25.0 Å². The zero-order valence-corrected chi connectivity index (χ0v) is 7.74. The fraction of sp³-hybridized carbons (Fsp3) is 0.444. The van der Waals surface area contributed by atoms with Gasteiger partial charge in [-0.3, -0.25) is 9.80 Å². The van der Waals surface area contributed by atoms with E-state index >= 15 is 0 Å². The summed E-state index contributed by atoms with van der Waals surface area (Å²) in [5, 5.41) is 0. The highest BCUT2D eigenvalue weighted by molar-refractivity contribution is 5.79. The Bertz CT molecular complexity index is 243. The van der Waals surface area contributed by atoms with E-state index in [-0.39, 0.29) is 12.1 Å². The normalized spacial score (nSPS) is 18.0. The van der Waals surface area contributed by atoms with Gasteiger partial charge in [0.25, 0.3) is 0 Å². The van der Waals surface area contributed by atoms with Crippen molar-refractivity contribution in [2.45, 2.75) is 19.9 Å². The van der Waals surface area contributed by atoms with Gasteiger partial charge in [0.15, 0.2) is 0 Å². The van der Waals surface area contributed by atoms with Gasteiger partial charge in [-0.05, 0) is 19.9 Å². The van der Waals surface area contributed by atoms with Crippen LogP contribution in [0, 0.1) is 0 Å². The lowest BCUT2D eigenvalue weighted by molar-refractivity contribution is 0.178. The zero-order chi connectivity index (χ0) is 9.30. The molecule has 0 aromatic rings.